The maximum absolute atomic E-state index is 12.4. The molecule has 272 valence electrons. The van der Waals surface area contributed by atoms with Gasteiger partial charge >= 0.3 is 0 Å². The lowest BCUT2D eigenvalue weighted by atomic mass is 10.1. The number of nitrogens with zero attached hydrogens (tertiary/aromatic N) is 3. The van der Waals surface area contributed by atoms with Gasteiger partial charge in [-0.3, -0.25) is 14.0 Å². The molecule has 0 saturated heterocycles. The molecule has 0 fully saturated rings. The number of hydrogen-bond acceptors (Lipinski definition) is 11. The Bertz CT molecular complexity index is 2650. The molecule has 1 heterocycles. The van der Waals surface area contributed by atoms with Crippen molar-refractivity contribution in [3.63, 3.8) is 0 Å². The summed E-state index contributed by atoms with van der Waals surface area (Å²) in [6.07, 6.45) is -1.09. The summed E-state index contributed by atoms with van der Waals surface area (Å²) in [6, 6.07) is 39.5. The van der Waals surface area contributed by atoms with E-state index in [9.17, 15) is 36.2 Å². The minimum atomic E-state index is -4.66. The van der Waals surface area contributed by atoms with E-state index < -0.39 is 26.4 Å². The molecule has 6 aromatic carbocycles. The molecule has 0 radical (unpaired) electrons. The molecule has 0 saturated carbocycles. The number of phenolic OH excluding ortho intramolecular Hbond substituents is 2. The molecular weight excluding hydrogens is 767 g/mol. The summed E-state index contributed by atoms with van der Waals surface area (Å²) in [6.45, 7) is 0. The Morgan fingerprint density at radius 2 is 1.06 bits per heavy atom. The third-order valence-electron chi connectivity index (χ3n) is 8.16. The number of aromatic hydroxyl groups is 2. The SMILES string of the molecule is O=S(=O)(O)c1cccc(C2N=C(c3ccccc3Sc3ccc(O)cc3)N=C(c3ccccc3Sc3ccc(O)cc3)N2c2cccc(S(=O)(=O)O)c2)c1. The molecule has 0 amide bonds. The van der Waals surface area contributed by atoms with Gasteiger partial charge in [-0.15, -0.1) is 0 Å². The molecule has 1 aliphatic heterocycles. The predicted molar refractivity (Wildman–Crippen MR) is 208 cm³/mol. The van der Waals surface area contributed by atoms with Crippen molar-refractivity contribution < 1.29 is 36.2 Å². The molecule has 6 aromatic rings. The van der Waals surface area contributed by atoms with Gasteiger partial charge < -0.3 is 10.2 Å². The Labute approximate surface area is 319 Å². The van der Waals surface area contributed by atoms with Crippen LogP contribution < -0.4 is 4.90 Å². The van der Waals surface area contributed by atoms with Crippen LogP contribution in [0.1, 0.15) is 22.9 Å². The van der Waals surface area contributed by atoms with Crippen molar-refractivity contribution >= 4 is 61.1 Å². The van der Waals surface area contributed by atoms with E-state index in [2.05, 4.69) is 0 Å². The Morgan fingerprint density at radius 3 is 1.63 bits per heavy atom. The van der Waals surface area contributed by atoms with Crippen LogP contribution in [-0.2, 0) is 20.2 Å². The molecule has 7 rings (SSSR count). The maximum Gasteiger partial charge on any atom is 0.294 e. The van der Waals surface area contributed by atoms with Gasteiger partial charge in [0.2, 0.25) is 0 Å². The third kappa shape index (κ3) is 8.21. The van der Waals surface area contributed by atoms with E-state index in [1.807, 2.05) is 48.5 Å². The Hall–Kier alpha value is -5.42. The van der Waals surface area contributed by atoms with Crippen LogP contribution in [0, 0.1) is 0 Å². The summed E-state index contributed by atoms with van der Waals surface area (Å²) in [5.41, 5.74) is 1.79. The first-order valence-corrected chi connectivity index (χ1v) is 20.6. The number of phenols is 2. The first-order valence-electron chi connectivity index (χ1n) is 16.1. The lowest BCUT2D eigenvalue weighted by molar-refractivity contribution is 0.474. The van der Waals surface area contributed by atoms with Crippen LogP contribution in [0.25, 0.3) is 0 Å². The maximum atomic E-state index is 12.4. The average Bonchev–Trinajstić information content (AvgIpc) is 3.16. The normalized spacial score (nSPS) is 14.7. The van der Waals surface area contributed by atoms with Crippen molar-refractivity contribution in [2.75, 3.05) is 4.90 Å². The highest BCUT2D eigenvalue weighted by Crippen LogP contribution is 2.41. The van der Waals surface area contributed by atoms with E-state index in [1.165, 1.54) is 59.9 Å². The summed E-state index contributed by atoms with van der Waals surface area (Å²) in [5.74, 6) is 0.797. The van der Waals surface area contributed by atoms with E-state index in [0.29, 0.717) is 22.5 Å². The van der Waals surface area contributed by atoms with Gasteiger partial charge in [-0.05, 0) is 96.6 Å². The van der Waals surface area contributed by atoms with E-state index in [-0.39, 0.29) is 32.8 Å². The first kappa shape index (κ1) is 36.9. The number of benzene rings is 6. The van der Waals surface area contributed by atoms with Crippen molar-refractivity contribution in [3.05, 3.63) is 162 Å². The van der Waals surface area contributed by atoms with Gasteiger partial charge in [0.05, 0.1) is 9.79 Å². The van der Waals surface area contributed by atoms with Crippen molar-refractivity contribution in [3.8, 4) is 11.5 Å². The van der Waals surface area contributed by atoms with Crippen molar-refractivity contribution in [1.82, 2.24) is 0 Å². The Kier molecular flexibility index (Phi) is 10.3. The predicted octanol–water partition coefficient (Wildman–Crippen LogP) is 8.31. The van der Waals surface area contributed by atoms with Gasteiger partial charge in [0.25, 0.3) is 20.2 Å². The molecule has 0 aromatic heterocycles. The van der Waals surface area contributed by atoms with Crippen LogP contribution in [0.3, 0.4) is 0 Å². The number of rotatable bonds is 10. The van der Waals surface area contributed by atoms with Crippen molar-refractivity contribution in [1.29, 1.82) is 0 Å². The molecule has 11 nitrogen and oxygen atoms in total. The fraction of sp³-hybridized carbons (Fsp3) is 0.0256. The molecule has 1 atom stereocenters. The molecule has 54 heavy (non-hydrogen) atoms. The van der Waals surface area contributed by atoms with Crippen LogP contribution in [0.2, 0.25) is 0 Å². The summed E-state index contributed by atoms with van der Waals surface area (Å²) in [4.78, 5) is 14.3. The fourth-order valence-electron chi connectivity index (χ4n) is 5.67. The van der Waals surface area contributed by atoms with Gasteiger partial charge in [-0.1, -0.05) is 78.1 Å². The summed E-state index contributed by atoms with van der Waals surface area (Å²) in [7, 11) is -9.30. The van der Waals surface area contributed by atoms with Gasteiger partial charge in [0.15, 0.2) is 12.0 Å². The Morgan fingerprint density at radius 1 is 0.556 bits per heavy atom. The highest BCUT2D eigenvalue weighted by atomic mass is 32.2. The topological polar surface area (TPSA) is 177 Å². The molecule has 0 spiro atoms. The second-order valence-corrected chi connectivity index (χ2v) is 16.9. The number of hydrogen-bond donors (Lipinski definition) is 4. The number of anilines is 1. The largest absolute Gasteiger partial charge is 0.508 e. The van der Waals surface area contributed by atoms with Crippen LogP contribution in [0.15, 0.2) is 185 Å². The van der Waals surface area contributed by atoms with Crippen LogP contribution in [0.5, 0.6) is 11.5 Å². The fourth-order valence-corrected chi connectivity index (χ4v) is 8.61. The number of amidine groups is 2. The van der Waals surface area contributed by atoms with Gasteiger partial charge in [-0.25, -0.2) is 9.98 Å². The average molecular weight is 796 g/mol. The summed E-state index contributed by atoms with van der Waals surface area (Å²) >= 11 is 2.81. The summed E-state index contributed by atoms with van der Waals surface area (Å²) < 4.78 is 69.6. The highest BCUT2D eigenvalue weighted by Gasteiger charge is 2.34. The Balaban J connectivity index is 1.49. The van der Waals surface area contributed by atoms with E-state index in [1.54, 1.807) is 65.6 Å². The first-order chi connectivity index (χ1) is 25.8. The van der Waals surface area contributed by atoms with Crippen LogP contribution in [0.4, 0.5) is 5.69 Å². The second kappa shape index (κ2) is 15.1. The quantitative estimate of drug-likeness (QED) is 0.0981. The molecule has 1 aliphatic rings. The summed E-state index contributed by atoms with van der Waals surface area (Å²) in [5, 5.41) is 19.8. The standard InChI is InChI=1S/C39H29N3O8S4/c43-27-15-19-29(20-16-27)51-35-13-3-1-11-33(35)37-40-38(25-7-5-9-31(23-25)53(45,46)47)42(26-8-6-10-32(24-26)54(48,49)50)39(41-37)34-12-2-4-14-36(34)52-30-21-17-28(44)18-22-30/h1-24,38,43-44H,(H,45,46,47)(H,48,49,50). The van der Waals surface area contributed by atoms with Crippen LogP contribution >= 0.6 is 23.5 Å². The van der Waals surface area contributed by atoms with E-state index in [4.69, 9.17) is 9.98 Å². The van der Waals surface area contributed by atoms with E-state index >= 15 is 0 Å². The lowest BCUT2D eigenvalue weighted by Crippen LogP contribution is -2.39. The van der Waals surface area contributed by atoms with Gasteiger partial charge in [0, 0.05) is 36.4 Å². The zero-order valence-corrected chi connectivity index (χ0v) is 31.1. The molecule has 1 unspecified atom stereocenters. The lowest BCUT2D eigenvalue weighted by Gasteiger charge is -2.36. The molecule has 0 bridgehead atoms. The minimum absolute atomic E-state index is 0.105. The van der Waals surface area contributed by atoms with Crippen LogP contribution in [-0.4, -0.2) is 47.8 Å². The highest BCUT2D eigenvalue weighted by molar-refractivity contribution is 7.99. The molecule has 15 heteroatoms. The van der Waals surface area contributed by atoms with Gasteiger partial charge in [0.1, 0.15) is 17.3 Å². The zero-order chi connectivity index (χ0) is 38.0. The molecular formula is C39H29N3O8S4. The molecule has 0 aliphatic carbocycles. The molecule has 4 N–H and O–H groups in total. The van der Waals surface area contributed by atoms with Crippen molar-refractivity contribution in [2.24, 2.45) is 9.98 Å². The minimum Gasteiger partial charge on any atom is -0.508 e. The van der Waals surface area contributed by atoms with Crippen molar-refractivity contribution in [2.45, 2.75) is 35.5 Å². The smallest absolute Gasteiger partial charge is 0.294 e. The third-order valence-corrected chi connectivity index (χ3v) is 12.0. The van der Waals surface area contributed by atoms with E-state index in [0.717, 1.165) is 19.6 Å². The monoisotopic (exact) mass is 795 g/mol. The number of aliphatic imine (C=N–C) groups is 2. The second-order valence-electron chi connectivity index (χ2n) is 11.8. The zero-order valence-electron chi connectivity index (χ0n) is 27.8. The van der Waals surface area contributed by atoms with Gasteiger partial charge in [-0.2, -0.15) is 16.8 Å².